The lowest BCUT2D eigenvalue weighted by Gasteiger charge is -2.37. The maximum absolute atomic E-state index is 12.2. The minimum atomic E-state index is -1.89. The van der Waals surface area contributed by atoms with Gasteiger partial charge in [-0.05, 0) is 36.7 Å². The zero-order valence-electron chi connectivity index (χ0n) is 16.0. The Morgan fingerprint density at radius 3 is 2.42 bits per heavy atom. The Bertz CT molecular complexity index is 492. The number of allylic oxidation sites excluding steroid dienone is 2. The van der Waals surface area contributed by atoms with Crippen molar-refractivity contribution in [3.63, 3.8) is 0 Å². The van der Waals surface area contributed by atoms with Crippen LogP contribution < -0.4 is 0 Å². The molecule has 0 saturated heterocycles. The number of carbonyl (C=O) groups excluding carboxylic acids is 2. The molecule has 1 aliphatic rings. The molecule has 4 nitrogen and oxygen atoms in total. The maximum atomic E-state index is 12.2. The molecule has 0 saturated carbocycles. The quantitative estimate of drug-likeness (QED) is 0.322. The van der Waals surface area contributed by atoms with Crippen molar-refractivity contribution in [2.24, 2.45) is 0 Å². The molecule has 0 aromatic carbocycles. The average molecular weight is 373 g/mol. The van der Waals surface area contributed by atoms with Crippen LogP contribution in [0.2, 0.25) is 18.1 Å². The van der Waals surface area contributed by atoms with E-state index >= 15 is 0 Å². The summed E-state index contributed by atoms with van der Waals surface area (Å²) in [5, 5.41) is 0.134. The van der Waals surface area contributed by atoms with E-state index in [2.05, 4.69) is 38.6 Å². The van der Waals surface area contributed by atoms with Crippen LogP contribution in [0.1, 0.15) is 59.3 Å². The minimum Gasteiger partial charge on any atom is -0.545 e. The number of ketones is 1. The molecule has 0 bridgehead atoms. The van der Waals surface area contributed by atoms with Gasteiger partial charge in [0.05, 0.1) is 17.8 Å². The Morgan fingerprint density at radius 2 is 1.83 bits per heavy atom. The molecule has 0 fully saturated rings. The molecule has 0 unspecified atom stereocenters. The summed E-state index contributed by atoms with van der Waals surface area (Å²) >= 11 is 1.63. The Hall–Kier alpha value is -0.753. The molecule has 0 spiro atoms. The van der Waals surface area contributed by atoms with Crippen LogP contribution in [-0.2, 0) is 18.8 Å². The highest BCUT2D eigenvalue weighted by atomic mass is 32.2. The van der Waals surface area contributed by atoms with Crippen LogP contribution >= 0.6 is 11.8 Å². The third kappa shape index (κ3) is 6.28. The molecule has 0 aliphatic heterocycles. The fourth-order valence-electron chi connectivity index (χ4n) is 2.15. The van der Waals surface area contributed by atoms with Crippen molar-refractivity contribution in [3.8, 4) is 0 Å². The van der Waals surface area contributed by atoms with Crippen LogP contribution in [0.15, 0.2) is 10.7 Å². The number of rotatable bonds is 9. The summed E-state index contributed by atoms with van der Waals surface area (Å²) in [6.07, 6.45) is 4.61. The van der Waals surface area contributed by atoms with Crippen LogP contribution in [0.4, 0.5) is 0 Å². The van der Waals surface area contributed by atoms with Crippen LogP contribution in [0, 0.1) is 0 Å². The highest BCUT2D eigenvalue weighted by molar-refractivity contribution is 8.04. The summed E-state index contributed by atoms with van der Waals surface area (Å²) in [7, 11) is -0.476. The molecule has 0 amide bonds. The van der Waals surface area contributed by atoms with Crippen molar-refractivity contribution in [1.29, 1.82) is 0 Å². The van der Waals surface area contributed by atoms with E-state index < -0.39 is 8.32 Å². The van der Waals surface area contributed by atoms with Crippen molar-refractivity contribution in [3.05, 3.63) is 10.7 Å². The molecule has 6 heteroatoms. The lowest BCUT2D eigenvalue weighted by Crippen LogP contribution is -2.40. The first-order chi connectivity index (χ1) is 11.1. The van der Waals surface area contributed by atoms with Gasteiger partial charge >= 0.3 is 5.97 Å². The van der Waals surface area contributed by atoms with Gasteiger partial charge in [-0.1, -0.05) is 27.2 Å². The van der Waals surface area contributed by atoms with Crippen LogP contribution in [0.5, 0.6) is 0 Å². The Balaban J connectivity index is 2.51. The fraction of sp³-hybridized carbons (Fsp3) is 0.778. The van der Waals surface area contributed by atoms with Crippen molar-refractivity contribution in [1.82, 2.24) is 0 Å². The van der Waals surface area contributed by atoms with E-state index in [9.17, 15) is 9.59 Å². The van der Waals surface area contributed by atoms with Gasteiger partial charge in [-0.15, -0.1) is 11.8 Å². The zero-order chi connectivity index (χ0) is 18.4. The van der Waals surface area contributed by atoms with Gasteiger partial charge in [-0.3, -0.25) is 9.59 Å². The summed E-state index contributed by atoms with van der Waals surface area (Å²) < 4.78 is 11.0. The lowest BCUT2D eigenvalue weighted by atomic mass is 10.2. The number of ether oxygens (including phenoxy) is 1. The first-order valence-corrected chi connectivity index (χ1v) is 12.6. The summed E-state index contributed by atoms with van der Waals surface area (Å²) in [6, 6.07) is 0. The van der Waals surface area contributed by atoms with Crippen LogP contribution in [-0.4, -0.2) is 32.9 Å². The summed E-state index contributed by atoms with van der Waals surface area (Å²) in [6.45, 7) is 11.1. The molecule has 138 valence electrons. The van der Waals surface area contributed by atoms with Gasteiger partial charge < -0.3 is 9.16 Å². The molecule has 0 aromatic rings. The van der Waals surface area contributed by atoms with Crippen molar-refractivity contribution in [2.75, 3.05) is 12.9 Å². The summed E-state index contributed by atoms with van der Waals surface area (Å²) in [5.41, 5.74) is 0. The van der Waals surface area contributed by atoms with E-state index in [0.717, 1.165) is 42.1 Å². The Kier molecular flexibility index (Phi) is 8.06. The molecule has 0 aromatic heterocycles. The number of carbonyl (C=O) groups is 2. The largest absolute Gasteiger partial charge is 0.545 e. The monoisotopic (exact) mass is 372 g/mol. The molecule has 1 rings (SSSR count). The molecule has 0 atom stereocenters. The van der Waals surface area contributed by atoms with Gasteiger partial charge in [0.25, 0.3) is 0 Å². The number of thioether (sulfide) groups is 1. The number of methoxy groups -OCH3 is 1. The van der Waals surface area contributed by atoms with Gasteiger partial charge in [-0.2, -0.15) is 0 Å². The Morgan fingerprint density at radius 1 is 1.17 bits per heavy atom. The standard InChI is InChI=1S/C18H32O4SSi/c1-18(2,3)24(5,6)22-15-12-11-14(19)17(15)23-13-9-7-8-10-16(20)21-4/h7-13H2,1-6H3. The van der Waals surface area contributed by atoms with E-state index in [4.69, 9.17) is 4.43 Å². The number of unbranched alkanes of at least 4 members (excludes halogenated alkanes) is 2. The molecule has 0 N–H and O–H groups in total. The molecule has 1 aliphatic carbocycles. The van der Waals surface area contributed by atoms with Crippen LogP contribution in [0.25, 0.3) is 0 Å². The molecule has 0 radical (unpaired) electrons. The third-order valence-electron chi connectivity index (χ3n) is 4.77. The van der Waals surface area contributed by atoms with E-state index in [1.54, 1.807) is 11.8 Å². The van der Waals surface area contributed by atoms with Gasteiger partial charge in [-0.25, -0.2) is 0 Å². The fourth-order valence-corrected chi connectivity index (χ4v) is 4.47. The van der Waals surface area contributed by atoms with Gasteiger partial charge in [0.1, 0.15) is 0 Å². The van der Waals surface area contributed by atoms with E-state index in [1.165, 1.54) is 7.11 Å². The second kappa shape index (κ2) is 9.09. The Labute approximate surface area is 151 Å². The molecular weight excluding hydrogens is 340 g/mol. The van der Waals surface area contributed by atoms with E-state index in [-0.39, 0.29) is 16.8 Å². The highest BCUT2D eigenvalue weighted by Crippen LogP contribution is 2.42. The number of Topliss-reactive ketones (excluding diaryl/α,β-unsaturated/α-hetero) is 1. The predicted octanol–water partition coefficient (Wildman–Crippen LogP) is 5.05. The first kappa shape index (κ1) is 21.3. The van der Waals surface area contributed by atoms with Gasteiger partial charge in [0.15, 0.2) is 5.78 Å². The average Bonchev–Trinajstić information content (AvgIpc) is 2.81. The predicted molar refractivity (Wildman–Crippen MR) is 102 cm³/mol. The molecule has 24 heavy (non-hydrogen) atoms. The van der Waals surface area contributed by atoms with Gasteiger partial charge in [0, 0.05) is 19.3 Å². The van der Waals surface area contributed by atoms with Crippen LogP contribution in [0.3, 0.4) is 0 Å². The third-order valence-corrected chi connectivity index (χ3v) is 10.4. The summed E-state index contributed by atoms with van der Waals surface area (Å²) in [5.74, 6) is 1.89. The topological polar surface area (TPSA) is 52.6 Å². The maximum Gasteiger partial charge on any atom is 0.305 e. The molecular formula is C18H32O4SSi. The number of hydrogen-bond donors (Lipinski definition) is 0. The summed E-state index contributed by atoms with van der Waals surface area (Å²) in [4.78, 5) is 24.1. The lowest BCUT2D eigenvalue weighted by molar-refractivity contribution is -0.140. The SMILES string of the molecule is COC(=O)CCCCCSC1=C(O[Si](C)(C)C(C)(C)C)CCC1=O. The van der Waals surface area contributed by atoms with Crippen molar-refractivity contribution >= 4 is 31.8 Å². The minimum absolute atomic E-state index is 0.134. The molecule has 0 heterocycles. The smallest absolute Gasteiger partial charge is 0.305 e. The normalized spacial score (nSPS) is 15.8. The number of hydrogen-bond acceptors (Lipinski definition) is 5. The second-order valence-corrected chi connectivity index (χ2v) is 13.6. The van der Waals surface area contributed by atoms with Crippen molar-refractivity contribution < 1.29 is 18.8 Å². The second-order valence-electron chi connectivity index (χ2n) is 7.77. The van der Waals surface area contributed by atoms with Gasteiger partial charge in [0.2, 0.25) is 8.32 Å². The van der Waals surface area contributed by atoms with E-state index in [1.807, 2.05) is 0 Å². The van der Waals surface area contributed by atoms with E-state index in [0.29, 0.717) is 12.8 Å². The first-order valence-electron chi connectivity index (χ1n) is 8.73. The highest BCUT2D eigenvalue weighted by Gasteiger charge is 2.41. The number of esters is 1. The zero-order valence-corrected chi connectivity index (χ0v) is 17.8. The van der Waals surface area contributed by atoms with Crippen molar-refractivity contribution in [2.45, 2.75) is 77.4 Å².